The van der Waals surface area contributed by atoms with Crippen molar-refractivity contribution in [1.82, 2.24) is 25.5 Å². The van der Waals surface area contributed by atoms with Crippen molar-refractivity contribution in [3.63, 3.8) is 0 Å². The second-order valence-electron chi connectivity index (χ2n) is 6.49. The summed E-state index contributed by atoms with van der Waals surface area (Å²) in [6.45, 7) is 6.25. The number of carbonyl (C=O) groups excluding carboxylic acids is 1. The van der Waals surface area contributed by atoms with Gasteiger partial charge in [0, 0.05) is 0 Å². The van der Waals surface area contributed by atoms with Crippen molar-refractivity contribution in [2.75, 3.05) is 0 Å². The molecule has 0 fully saturated rings. The van der Waals surface area contributed by atoms with Crippen LogP contribution < -0.4 is 10.1 Å². The third-order valence-electron chi connectivity index (χ3n) is 4.17. The molecule has 7 nitrogen and oxygen atoms in total. The van der Waals surface area contributed by atoms with Crippen molar-refractivity contribution >= 4 is 5.91 Å². The number of aryl methyl sites for hydroxylation is 2. The fourth-order valence-electron chi connectivity index (χ4n) is 2.79. The summed E-state index contributed by atoms with van der Waals surface area (Å²) in [7, 11) is 0. The van der Waals surface area contributed by atoms with Crippen LogP contribution in [0.3, 0.4) is 0 Å². The Morgan fingerprint density at radius 1 is 1.19 bits per heavy atom. The number of hydrogen-bond acceptors (Lipinski definition) is 5. The van der Waals surface area contributed by atoms with E-state index in [9.17, 15) is 4.79 Å². The summed E-state index contributed by atoms with van der Waals surface area (Å²) in [6, 6.07) is 15.5. The lowest BCUT2D eigenvalue weighted by Crippen LogP contribution is -2.31. The zero-order valence-corrected chi connectivity index (χ0v) is 15.7. The number of benzene rings is 2. The van der Waals surface area contributed by atoms with Gasteiger partial charge < -0.3 is 10.1 Å². The summed E-state index contributed by atoms with van der Waals surface area (Å²) in [5.41, 5.74) is 3.41. The topological polar surface area (TPSA) is 81.9 Å². The molecule has 2 aromatic carbocycles. The van der Waals surface area contributed by atoms with Crippen LogP contribution in [0, 0.1) is 13.8 Å². The van der Waals surface area contributed by atoms with Crippen molar-refractivity contribution in [1.29, 1.82) is 0 Å². The largest absolute Gasteiger partial charge is 0.485 e. The molecule has 3 aromatic rings. The number of nitrogens with one attached hydrogen (secondary N) is 1. The van der Waals surface area contributed by atoms with E-state index in [1.165, 1.54) is 4.80 Å². The van der Waals surface area contributed by atoms with E-state index in [2.05, 4.69) is 38.9 Å². The number of rotatable bonds is 7. The zero-order valence-electron chi connectivity index (χ0n) is 15.7. The highest BCUT2D eigenvalue weighted by atomic mass is 16.5. The number of tetrazole rings is 1. The van der Waals surface area contributed by atoms with E-state index >= 15 is 0 Å². The molecule has 1 aromatic heterocycles. The minimum Gasteiger partial charge on any atom is -0.485 e. The Labute approximate surface area is 158 Å². The van der Waals surface area contributed by atoms with Gasteiger partial charge in [-0.15, -0.1) is 10.2 Å². The number of ether oxygens (including phenoxy) is 1. The highest BCUT2D eigenvalue weighted by Crippen LogP contribution is 2.18. The third kappa shape index (κ3) is 5.13. The van der Waals surface area contributed by atoms with Crippen LogP contribution in [0.1, 0.15) is 35.5 Å². The van der Waals surface area contributed by atoms with Gasteiger partial charge in [-0.3, -0.25) is 4.79 Å². The van der Waals surface area contributed by atoms with Gasteiger partial charge >= 0.3 is 0 Å². The van der Waals surface area contributed by atoms with Crippen LogP contribution in [0.2, 0.25) is 0 Å². The normalized spacial score (nSPS) is 11.8. The van der Waals surface area contributed by atoms with Gasteiger partial charge in [0.15, 0.2) is 6.61 Å². The molecule has 1 heterocycles. The minimum absolute atomic E-state index is 0.00748. The Kier molecular flexibility index (Phi) is 5.80. The first-order chi connectivity index (χ1) is 13.0. The van der Waals surface area contributed by atoms with E-state index in [0.29, 0.717) is 5.82 Å². The lowest BCUT2D eigenvalue weighted by Gasteiger charge is -2.17. The maximum absolute atomic E-state index is 12.3. The quantitative estimate of drug-likeness (QED) is 0.696. The van der Waals surface area contributed by atoms with Crippen LogP contribution in [0.15, 0.2) is 48.5 Å². The summed E-state index contributed by atoms with van der Waals surface area (Å²) in [5, 5.41) is 15.0. The highest BCUT2D eigenvalue weighted by molar-refractivity contribution is 5.76. The molecule has 0 saturated carbocycles. The molecule has 0 spiro atoms. The van der Waals surface area contributed by atoms with Crippen molar-refractivity contribution in [2.24, 2.45) is 0 Å². The number of aromatic nitrogens is 4. The average Bonchev–Trinajstić information content (AvgIpc) is 3.10. The third-order valence-corrected chi connectivity index (χ3v) is 4.17. The molecule has 1 N–H and O–H groups in total. The molecule has 1 amide bonds. The van der Waals surface area contributed by atoms with Crippen molar-refractivity contribution < 1.29 is 9.53 Å². The van der Waals surface area contributed by atoms with E-state index in [1.807, 2.05) is 51.1 Å². The molecular formula is C20H23N5O2. The Balaban J connectivity index is 1.53. The molecule has 0 aliphatic carbocycles. The van der Waals surface area contributed by atoms with Crippen LogP contribution >= 0.6 is 0 Å². The SMILES string of the molecule is Cc1ccc(C)c([C@@H](C)NC(=O)Cn2nnc(COc3ccccc3)n2)c1. The van der Waals surface area contributed by atoms with E-state index < -0.39 is 0 Å². The van der Waals surface area contributed by atoms with Gasteiger partial charge in [-0.2, -0.15) is 4.80 Å². The second kappa shape index (κ2) is 8.44. The van der Waals surface area contributed by atoms with Crippen LogP contribution in [0.25, 0.3) is 0 Å². The standard InChI is InChI=1S/C20H23N5O2/c1-14-9-10-15(2)18(11-14)16(3)21-20(26)12-25-23-19(22-24-25)13-27-17-7-5-4-6-8-17/h4-11,16H,12-13H2,1-3H3,(H,21,26)/t16-/m1/s1. The average molecular weight is 365 g/mol. The Morgan fingerprint density at radius 2 is 1.96 bits per heavy atom. The van der Waals surface area contributed by atoms with E-state index in [-0.39, 0.29) is 25.1 Å². The lowest BCUT2D eigenvalue weighted by atomic mass is 10.00. The number of para-hydroxylation sites is 1. The number of carbonyl (C=O) groups is 1. The molecule has 0 bridgehead atoms. The summed E-state index contributed by atoms with van der Waals surface area (Å²) in [6.07, 6.45) is 0. The van der Waals surface area contributed by atoms with E-state index in [4.69, 9.17) is 4.74 Å². The molecule has 0 radical (unpaired) electrons. The van der Waals surface area contributed by atoms with Gasteiger partial charge in [0.1, 0.15) is 12.3 Å². The first-order valence-electron chi connectivity index (χ1n) is 8.82. The number of hydrogen-bond donors (Lipinski definition) is 1. The maximum Gasteiger partial charge on any atom is 0.244 e. The van der Waals surface area contributed by atoms with Gasteiger partial charge in [-0.25, -0.2) is 0 Å². The maximum atomic E-state index is 12.3. The molecule has 0 aliphatic rings. The van der Waals surface area contributed by atoms with Gasteiger partial charge in [-0.05, 0) is 49.2 Å². The number of amides is 1. The van der Waals surface area contributed by atoms with Gasteiger partial charge in [0.2, 0.25) is 11.7 Å². The predicted octanol–water partition coefficient (Wildman–Crippen LogP) is 2.75. The Bertz CT molecular complexity index is 908. The summed E-state index contributed by atoms with van der Waals surface area (Å²) >= 11 is 0. The van der Waals surface area contributed by atoms with E-state index in [0.717, 1.165) is 22.4 Å². The Hall–Kier alpha value is -3.22. The monoisotopic (exact) mass is 365 g/mol. The van der Waals surface area contributed by atoms with Crippen molar-refractivity contribution in [3.8, 4) is 5.75 Å². The van der Waals surface area contributed by atoms with E-state index in [1.54, 1.807) is 0 Å². The smallest absolute Gasteiger partial charge is 0.244 e. The minimum atomic E-state index is -0.170. The Morgan fingerprint density at radius 3 is 2.74 bits per heavy atom. The van der Waals surface area contributed by atoms with Gasteiger partial charge in [0.25, 0.3) is 0 Å². The summed E-state index contributed by atoms with van der Waals surface area (Å²) in [4.78, 5) is 13.6. The first-order valence-corrected chi connectivity index (χ1v) is 8.82. The molecule has 0 aliphatic heterocycles. The van der Waals surface area contributed by atoms with Crippen molar-refractivity contribution in [2.45, 2.75) is 40.0 Å². The first kappa shape index (κ1) is 18.6. The molecule has 0 unspecified atom stereocenters. The van der Waals surface area contributed by atoms with Crippen LogP contribution in [0.5, 0.6) is 5.75 Å². The molecule has 7 heteroatoms. The molecule has 140 valence electrons. The van der Waals surface area contributed by atoms with Crippen molar-refractivity contribution in [3.05, 3.63) is 71.0 Å². The summed E-state index contributed by atoms with van der Waals surface area (Å²) < 4.78 is 5.58. The highest BCUT2D eigenvalue weighted by Gasteiger charge is 2.14. The fraction of sp³-hybridized carbons (Fsp3) is 0.300. The second-order valence-corrected chi connectivity index (χ2v) is 6.49. The predicted molar refractivity (Wildman–Crippen MR) is 101 cm³/mol. The van der Waals surface area contributed by atoms with Crippen LogP contribution in [-0.2, 0) is 17.9 Å². The fourth-order valence-corrected chi connectivity index (χ4v) is 2.79. The molecule has 3 rings (SSSR count). The molecule has 1 atom stereocenters. The number of nitrogens with zero attached hydrogens (tertiary/aromatic N) is 4. The van der Waals surface area contributed by atoms with Crippen LogP contribution in [0.4, 0.5) is 0 Å². The van der Waals surface area contributed by atoms with Gasteiger partial charge in [0.05, 0.1) is 6.04 Å². The lowest BCUT2D eigenvalue weighted by molar-refractivity contribution is -0.122. The molecule has 0 saturated heterocycles. The molecule has 27 heavy (non-hydrogen) atoms. The summed E-state index contributed by atoms with van der Waals surface area (Å²) in [5.74, 6) is 0.986. The molecular weight excluding hydrogens is 342 g/mol. The zero-order chi connectivity index (χ0) is 19.2. The van der Waals surface area contributed by atoms with Gasteiger partial charge in [-0.1, -0.05) is 42.0 Å². The van der Waals surface area contributed by atoms with Crippen LogP contribution in [-0.4, -0.2) is 26.1 Å².